The van der Waals surface area contributed by atoms with E-state index in [0.717, 1.165) is 17.9 Å². The fourth-order valence-electron chi connectivity index (χ4n) is 0.689. The maximum absolute atomic E-state index is 5.35. The van der Waals surface area contributed by atoms with Gasteiger partial charge >= 0.3 is 0 Å². The van der Waals surface area contributed by atoms with Crippen molar-refractivity contribution in [1.82, 2.24) is 9.97 Å². The van der Waals surface area contributed by atoms with Gasteiger partial charge in [-0.25, -0.2) is 4.98 Å². The molecular weight excluding hydrogens is 114 g/mol. The van der Waals surface area contributed by atoms with Crippen LogP contribution in [0.4, 0.5) is 0 Å². The van der Waals surface area contributed by atoms with E-state index in [1.54, 1.807) is 6.20 Å². The minimum Gasteiger partial charge on any atom is -0.345 e. The molecule has 0 amide bonds. The third kappa shape index (κ3) is 1.29. The van der Waals surface area contributed by atoms with Crippen molar-refractivity contribution in [3.8, 4) is 0 Å². The minimum atomic E-state index is 0.549. The Balaban J connectivity index is 2.74. The van der Waals surface area contributed by atoms with Crippen LogP contribution in [0.25, 0.3) is 0 Å². The van der Waals surface area contributed by atoms with E-state index < -0.39 is 0 Å². The second-order valence-electron chi connectivity index (χ2n) is 1.91. The Bertz CT molecular complexity index is 162. The average Bonchev–Trinajstić information content (AvgIpc) is 2.34. The summed E-state index contributed by atoms with van der Waals surface area (Å²) in [6.07, 6.45) is 2.72. The van der Waals surface area contributed by atoms with E-state index in [4.69, 9.17) is 5.73 Å². The number of imidazole rings is 1. The third-order valence-corrected chi connectivity index (χ3v) is 1.24. The number of nitrogens with zero attached hydrogens (tertiary/aromatic N) is 1. The molecule has 9 heavy (non-hydrogen) atoms. The highest BCUT2D eigenvalue weighted by Gasteiger charge is 1.93. The summed E-state index contributed by atoms with van der Waals surface area (Å²) in [7, 11) is 0. The van der Waals surface area contributed by atoms with Crippen molar-refractivity contribution >= 4 is 0 Å². The van der Waals surface area contributed by atoms with Crippen molar-refractivity contribution in [2.45, 2.75) is 19.9 Å². The number of aryl methyl sites for hydroxylation is 1. The lowest BCUT2D eigenvalue weighted by Crippen LogP contribution is -1.95. The summed E-state index contributed by atoms with van der Waals surface area (Å²) in [6.45, 7) is 2.60. The number of nitrogens with one attached hydrogen (secondary N) is 1. The quantitative estimate of drug-likeness (QED) is 0.602. The zero-order valence-corrected chi connectivity index (χ0v) is 5.52. The molecule has 1 aromatic rings. The second kappa shape index (κ2) is 2.64. The number of rotatable bonds is 2. The number of hydrogen-bond acceptors (Lipinski definition) is 2. The van der Waals surface area contributed by atoms with E-state index in [1.807, 2.05) is 0 Å². The first kappa shape index (κ1) is 6.29. The van der Waals surface area contributed by atoms with Gasteiger partial charge in [-0.15, -0.1) is 0 Å². The Morgan fingerprint density at radius 3 is 2.89 bits per heavy atom. The van der Waals surface area contributed by atoms with Crippen LogP contribution in [0.1, 0.15) is 18.4 Å². The van der Waals surface area contributed by atoms with E-state index in [2.05, 4.69) is 16.9 Å². The highest BCUT2D eigenvalue weighted by Crippen LogP contribution is 1.94. The summed E-state index contributed by atoms with van der Waals surface area (Å²) in [5, 5.41) is 0. The highest BCUT2D eigenvalue weighted by atomic mass is 14.9. The van der Waals surface area contributed by atoms with Crippen LogP contribution < -0.4 is 5.73 Å². The Morgan fingerprint density at radius 1 is 1.78 bits per heavy atom. The molecule has 3 nitrogen and oxygen atoms in total. The van der Waals surface area contributed by atoms with Crippen LogP contribution in [0.3, 0.4) is 0 Å². The van der Waals surface area contributed by atoms with Crippen molar-refractivity contribution in [3.63, 3.8) is 0 Å². The summed E-state index contributed by atoms with van der Waals surface area (Å²) >= 11 is 0. The zero-order chi connectivity index (χ0) is 6.69. The lowest BCUT2D eigenvalue weighted by Gasteiger charge is -1.85. The molecule has 0 unspecified atom stereocenters. The molecule has 1 rings (SSSR count). The summed E-state index contributed by atoms with van der Waals surface area (Å²) in [6, 6.07) is 0. The van der Waals surface area contributed by atoms with E-state index in [1.165, 1.54) is 0 Å². The molecule has 0 radical (unpaired) electrons. The summed E-state index contributed by atoms with van der Waals surface area (Å²) < 4.78 is 0. The first-order valence-corrected chi connectivity index (χ1v) is 3.09. The number of aromatic amines is 1. The normalized spacial score (nSPS) is 10.0. The summed E-state index contributed by atoms with van der Waals surface area (Å²) in [5.41, 5.74) is 6.35. The number of hydrogen-bond donors (Lipinski definition) is 2. The number of H-pyrrole nitrogens is 1. The fourth-order valence-corrected chi connectivity index (χ4v) is 0.689. The topological polar surface area (TPSA) is 54.7 Å². The van der Waals surface area contributed by atoms with E-state index in [9.17, 15) is 0 Å². The predicted molar refractivity (Wildman–Crippen MR) is 35.9 cm³/mol. The van der Waals surface area contributed by atoms with Crippen molar-refractivity contribution in [2.24, 2.45) is 5.73 Å². The van der Waals surface area contributed by atoms with Gasteiger partial charge in [-0.1, -0.05) is 6.92 Å². The molecule has 3 heteroatoms. The van der Waals surface area contributed by atoms with Gasteiger partial charge in [0, 0.05) is 24.9 Å². The van der Waals surface area contributed by atoms with Crippen LogP contribution >= 0.6 is 0 Å². The zero-order valence-electron chi connectivity index (χ0n) is 5.52. The molecule has 0 aliphatic rings. The smallest absolute Gasteiger partial charge is 0.105 e. The van der Waals surface area contributed by atoms with Gasteiger partial charge in [-0.3, -0.25) is 0 Å². The molecule has 0 atom stereocenters. The van der Waals surface area contributed by atoms with Crippen molar-refractivity contribution in [1.29, 1.82) is 0 Å². The lowest BCUT2D eigenvalue weighted by molar-refractivity contribution is 0.949. The van der Waals surface area contributed by atoms with Crippen LogP contribution in [0, 0.1) is 0 Å². The number of aromatic nitrogens is 2. The van der Waals surface area contributed by atoms with E-state index in [-0.39, 0.29) is 0 Å². The van der Waals surface area contributed by atoms with E-state index >= 15 is 0 Å². The highest BCUT2D eigenvalue weighted by molar-refractivity contribution is 4.99. The van der Waals surface area contributed by atoms with Crippen LogP contribution in [0.15, 0.2) is 6.20 Å². The summed E-state index contributed by atoms with van der Waals surface area (Å²) in [4.78, 5) is 7.15. The Kier molecular flexibility index (Phi) is 1.85. The molecule has 1 heterocycles. The molecule has 0 aromatic carbocycles. The van der Waals surface area contributed by atoms with Gasteiger partial charge in [-0.2, -0.15) is 0 Å². The Hall–Kier alpha value is -0.830. The lowest BCUT2D eigenvalue weighted by atomic mass is 10.5. The molecule has 3 N–H and O–H groups in total. The summed E-state index contributed by atoms with van der Waals surface area (Å²) in [5.74, 6) is 1.01. The van der Waals surface area contributed by atoms with Crippen molar-refractivity contribution < 1.29 is 0 Å². The molecule has 0 bridgehead atoms. The number of nitrogens with two attached hydrogens (primary N) is 1. The van der Waals surface area contributed by atoms with Gasteiger partial charge < -0.3 is 10.7 Å². The van der Waals surface area contributed by atoms with Gasteiger partial charge in [0.15, 0.2) is 0 Å². The molecule has 0 aliphatic carbocycles. The minimum absolute atomic E-state index is 0.549. The van der Waals surface area contributed by atoms with E-state index in [0.29, 0.717) is 6.54 Å². The molecule has 0 spiro atoms. The van der Waals surface area contributed by atoms with Crippen molar-refractivity contribution in [2.75, 3.05) is 0 Å². The van der Waals surface area contributed by atoms with Gasteiger partial charge in [0.2, 0.25) is 0 Å². The average molecular weight is 125 g/mol. The maximum atomic E-state index is 5.35. The molecule has 0 aliphatic heterocycles. The molecular formula is C6H11N3. The second-order valence-corrected chi connectivity index (χ2v) is 1.91. The molecule has 0 saturated heterocycles. The van der Waals surface area contributed by atoms with Crippen LogP contribution in [-0.4, -0.2) is 9.97 Å². The van der Waals surface area contributed by atoms with Gasteiger partial charge in [0.25, 0.3) is 0 Å². The van der Waals surface area contributed by atoms with Crippen LogP contribution in [0.5, 0.6) is 0 Å². The van der Waals surface area contributed by atoms with Crippen LogP contribution in [0.2, 0.25) is 0 Å². The fraction of sp³-hybridized carbons (Fsp3) is 0.500. The predicted octanol–water partition coefficient (Wildman–Crippen LogP) is 0.431. The third-order valence-electron chi connectivity index (χ3n) is 1.24. The first-order chi connectivity index (χ1) is 4.36. The van der Waals surface area contributed by atoms with Gasteiger partial charge in [0.1, 0.15) is 5.82 Å². The van der Waals surface area contributed by atoms with Crippen LogP contribution in [-0.2, 0) is 13.0 Å². The molecule has 50 valence electrons. The van der Waals surface area contributed by atoms with Gasteiger partial charge in [-0.05, 0) is 0 Å². The largest absolute Gasteiger partial charge is 0.345 e. The maximum Gasteiger partial charge on any atom is 0.105 e. The molecule has 0 fully saturated rings. The Labute approximate surface area is 54.3 Å². The Morgan fingerprint density at radius 2 is 2.56 bits per heavy atom. The standard InChI is InChI=1S/C6H11N3/c1-2-6-8-4-5(3-7)9-6/h4H,2-3,7H2,1H3,(H,8,9). The monoisotopic (exact) mass is 125 g/mol. The van der Waals surface area contributed by atoms with Crippen molar-refractivity contribution in [3.05, 3.63) is 17.7 Å². The SMILES string of the molecule is CCc1ncc(CN)[nH]1. The molecule has 0 saturated carbocycles. The van der Waals surface area contributed by atoms with Gasteiger partial charge in [0.05, 0.1) is 0 Å². The molecule has 1 aromatic heterocycles. The first-order valence-electron chi connectivity index (χ1n) is 3.09.